The summed E-state index contributed by atoms with van der Waals surface area (Å²) >= 11 is 1.39. The smallest absolute Gasteiger partial charge is 0.264 e. The van der Waals surface area contributed by atoms with Gasteiger partial charge in [-0.3, -0.25) is 4.79 Å². The quantitative estimate of drug-likeness (QED) is 0.471. The fraction of sp³-hybridized carbons (Fsp3) is 0.100. The monoisotopic (exact) mass is 406 g/mol. The van der Waals surface area contributed by atoms with Gasteiger partial charge in [-0.05, 0) is 18.4 Å². The molecule has 2 heterocycles. The molecule has 8 nitrogen and oxygen atoms in total. The Morgan fingerprint density at radius 3 is 2.52 bits per heavy atom. The van der Waals surface area contributed by atoms with E-state index in [1.54, 1.807) is 0 Å². The molecule has 0 aliphatic rings. The zero-order chi connectivity index (χ0) is 20.2. The van der Waals surface area contributed by atoms with Crippen molar-refractivity contribution in [2.45, 2.75) is 11.6 Å². The standard InChI is InChI=1S/C20H18N6O2S/c1-29-20-16(19-23-18(25-28-19)13-8-4-2-5-9-13)17(21)26(24-20)12-15(27)22-14-10-6-3-7-11-14/h2-11H,12,21H2,1H3,(H,22,27). The molecule has 9 heteroatoms. The van der Waals surface area contributed by atoms with Crippen LogP contribution in [-0.2, 0) is 11.3 Å². The van der Waals surface area contributed by atoms with Crippen molar-refractivity contribution in [1.29, 1.82) is 0 Å². The van der Waals surface area contributed by atoms with Gasteiger partial charge in [0, 0.05) is 11.3 Å². The fourth-order valence-corrected chi connectivity index (χ4v) is 3.38. The van der Waals surface area contributed by atoms with Crippen LogP contribution >= 0.6 is 11.8 Å². The topological polar surface area (TPSA) is 112 Å². The van der Waals surface area contributed by atoms with Crippen LogP contribution < -0.4 is 11.1 Å². The predicted octanol–water partition coefficient (Wildman–Crippen LogP) is 3.54. The van der Waals surface area contributed by atoms with Gasteiger partial charge >= 0.3 is 0 Å². The first-order chi connectivity index (χ1) is 14.2. The van der Waals surface area contributed by atoms with Crippen molar-refractivity contribution in [3.63, 3.8) is 0 Å². The number of rotatable bonds is 6. The molecule has 2 aromatic heterocycles. The number of para-hydroxylation sites is 1. The van der Waals surface area contributed by atoms with E-state index in [1.165, 1.54) is 16.4 Å². The highest BCUT2D eigenvalue weighted by molar-refractivity contribution is 7.98. The molecule has 0 aliphatic carbocycles. The van der Waals surface area contributed by atoms with Gasteiger partial charge in [-0.15, -0.1) is 11.8 Å². The lowest BCUT2D eigenvalue weighted by molar-refractivity contribution is -0.116. The maximum Gasteiger partial charge on any atom is 0.264 e. The van der Waals surface area contributed by atoms with E-state index < -0.39 is 0 Å². The number of nitrogens with zero attached hydrogens (tertiary/aromatic N) is 4. The molecule has 0 fully saturated rings. The van der Waals surface area contributed by atoms with Crippen LogP contribution in [0.2, 0.25) is 0 Å². The first kappa shape index (κ1) is 18.8. The lowest BCUT2D eigenvalue weighted by atomic mass is 10.2. The van der Waals surface area contributed by atoms with Crippen LogP contribution in [0.1, 0.15) is 0 Å². The Kier molecular flexibility index (Phi) is 5.30. The Labute approximate surface area is 171 Å². The van der Waals surface area contributed by atoms with E-state index in [-0.39, 0.29) is 18.3 Å². The molecule has 146 valence electrons. The van der Waals surface area contributed by atoms with Crippen LogP contribution in [0, 0.1) is 0 Å². The van der Waals surface area contributed by atoms with Crippen LogP contribution in [0.25, 0.3) is 22.8 Å². The van der Waals surface area contributed by atoms with Crippen molar-refractivity contribution in [1.82, 2.24) is 19.9 Å². The molecule has 0 radical (unpaired) electrons. The minimum Gasteiger partial charge on any atom is -0.383 e. The average Bonchev–Trinajstić information content (AvgIpc) is 3.34. The van der Waals surface area contributed by atoms with Crippen molar-refractivity contribution in [2.75, 3.05) is 17.3 Å². The van der Waals surface area contributed by atoms with Gasteiger partial charge in [-0.25, -0.2) is 4.68 Å². The normalized spacial score (nSPS) is 10.8. The highest BCUT2D eigenvalue weighted by Gasteiger charge is 2.23. The lowest BCUT2D eigenvalue weighted by Crippen LogP contribution is -2.20. The predicted molar refractivity (Wildman–Crippen MR) is 112 cm³/mol. The molecular formula is C20H18N6O2S. The maximum absolute atomic E-state index is 12.4. The Bertz CT molecular complexity index is 1120. The third kappa shape index (κ3) is 3.99. The first-order valence-electron chi connectivity index (χ1n) is 8.80. The molecule has 0 saturated carbocycles. The average molecular weight is 406 g/mol. The van der Waals surface area contributed by atoms with E-state index in [2.05, 4.69) is 20.6 Å². The second-order valence-electron chi connectivity index (χ2n) is 6.13. The van der Waals surface area contributed by atoms with E-state index in [1.807, 2.05) is 66.9 Å². The lowest BCUT2D eigenvalue weighted by Gasteiger charge is -2.06. The van der Waals surface area contributed by atoms with Crippen molar-refractivity contribution in [3.8, 4) is 22.8 Å². The van der Waals surface area contributed by atoms with Gasteiger partial charge < -0.3 is 15.6 Å². The molecule has 2 aromatic carbocycles. The van der Waals surface area contributed by atoms with E-state index in [4.69, 9.17) is 10.3 Å². The van der Waals surface area contributed by atoms with Gasteiger partial charge in [0.05, 0.1) is 0 Å². The molecule has 0 saturated heterocycles. The van der Waals surface area contributed by atoms with Crippen LogP contribution in [-0.4, -0.2) is 32.1 Å². The molecule has 3 N–H and O–H groups in total. The summed E-state index contributed by atoms with van der Waals surface area (Å²) < 4.78 is 6.87. The number of nitrogens with two attached hydrogens (primary N) is 1. The number of anilines is 2. The molecule has 0 spiro atoms. The third-order valence-corrected chi connectivity index (χ3v) is 4.85. The molecular weight excluding hydrogens is 388 g/mol. The summed E-state index contributed by atoms with van der Waals surface area (Å²) in [5.74, 6) is 0.781. The first-order valence-corrected chi connectivity index (χ1v) is 10.0. The van der Waals surface area contributed by atoms with E-state index in [0.717, 1.165) is 5.56 Å². The minimum absolute atomic E-state index is 0.0338. The Morgan fingerprint density at radius 1 is 1.14 bits per heavy atom. The molecule has 0 unspecified atom stereocenters. The highest BCUT2D eigenvalue weighted by Crippen LogP contribution is 2.34. The largest absolute Gasteiger partial charge is 0.383 e. The number of carbonyl (C=O) groups is 1. The van der Waals surface area contributed by atoms with Gasteiger partial charge in [0.25, 0.3) is 5.89 Å². The Hall–Kier alpha value is -3.59. The molecule has 0 aliphatic heterocycles. The number of aromatic nitrogens is 4. The Morgan fingerprint density at radius 2 is 1.83 bits per heavy atom. The molecule has 0 atom stereocenters. The van der Waals surface area contributed by atoms with Crippen molar-refractivity contribution >= 4 is 29.2 Å². The number of benzene rings is 2. The van der Waals surface area contributed by atoms with Gasteiger partial charge in [0.15, 0.2) is 0 Å². The molecule has 0 bridgehead atoms. The summed E-state index contributed by atoms with van der Waals surface area (Å²) in [5.41, 5.74) is 8.35. The molecule has 4 rings (SSSR count). The minimum atomic E-state index is -0.236. The third-order valence-electron chi connectivity index (χ3n) is 4.18. The van der Waals surface area contributed by atoms with Gasteiger partial charge in [-0.1, -0.05) is 53.7 Å². The summed E-state index contributed by atoms with van der Waals surface area (Å²) in [5, 5.41) is 11.9. The summed E-state index contributed by atoms with van der Waals surface area (Å²) in [4.78, 5) is 16.8. The number of nitrogens with one attached hydrogen (secondary N) is 1. The number of hydrogen-bond acceptors (Lipinski definition) is 7. The van der Waals surface area contributed by atoms with Crippen LogP contribution in [0.4, 0.5) is 11.5 Å². The number of hydrogen-bond donors (Lipinski definition) is 2. The van der Waals surface area contributed by atoms with Crippen molar-refractivity contribution in [2.24, 2.45) is 0 Å². The van der Waals surface area contributed by atoms with E-state index in [0.29, 0.717) is 27.9 Å². The number of nitrogen functional groups attached to an aromatic ring is 1. The van der Waals surface area contributed by atoms with Crippen LogP contribution in [0.15, 0.2) is 70.2 Å². The summed E-state index contributed by atoms with van der Waals surface area (Å²) in [7, 11) is 0. The molecule has 4 aromatic rings. The van der Waals surface area contributed by atoms with E-state index in [9.17, 15) is 4.79 Å². The summed E-state index contributed by atoms with van der Waals surface area (Å²) in [6, 6.07) is 18.7. The van der Waals surface area contributed by atoms with Gasteiger partial charge in [0.2, 0.25) is 11.7 Å². The van der Waals surface area contributed by atoms with Crippen LogP contribution in [0.3, 0.4) is 0 Å². The maximum atomic E-state index is 12.4. The number of amides is 1. The second kappa shape index (κ2) is 8.19. The van der Waals surface area contributed by atoms with E-state index >= 15 is 0 Å². The zero-order valence-corrected chi connectivity index (χ0v) is 16.4. The number of thioether (sulfide) groups is 1. The zero-order valence-electron chi connectivity index (χ0n) is 15.6. The highest BCUT2D eigenvalue weighted by atomic mass is 32.2. The van der Waals surface area contributed by atoms with Crippen molar-refractivity contribution in [3.05, 3.63) is 60.7 Å². The van der Waals surface area contributed by atoms with Crippen LogP contribution in [0.5, 0.6) is 0 Å². The Balaban J connectivity index is 1.60. The SMILES string of the molecule is CSc1nn(CC(=O)Nc2ccccc2)c(N)c1-c1nc(-c2ccccc2)no1. The summed E-state index contributed by atoms with van der Waals surface area (Å²) in [6.07, 6.45) is 1.87. The summed E-state index contributed by atoms with van der Waals surface area (Å²) in [6.45, 7) is -0.0338. The molecule has 1 amide bonds. The molecule has 29 heavy (non-hydrogen) atoms. The fourth-order valence-electron chi connectivity index (χ4n) is 2.80. The van der Waals surface area contributed by atoms with Gasteiger partial charge in [-0.2, -0.15) is 10.1 Å². The van der Waals surface area contributed by atoms with Gasteiger partial charge in [0.1, 0.15) is 23.0 Å². The van der Waals surface area contributed by atoms with Crippen molar-refractivity contribution < 1.29 is 9.32 Å². The second-order valence-corrected chi connectivity index (χ2v) is 6.93. The number of carbonyl (C=O) groups excluding carboxylic acids is 1.